The maximum Gasteiger partial charge on any atom is 0.310 e. The minimum atomic E-state index is -0.0870. The van der Waals surface area contributed by atoms with Crippen LogP contribution in [0.1, 0.15) is 40.5 Å². The molecule has 0 radical (unpaired) electrons. The molecule has 0 aromatic heterocycles. The number of likely N-dealkylation sites (tertiary alicyclic amines) is 1. The van der Waals surface area contributed by atoms with Crippen molar-refractivity contribution in [1.82, 2.24) is 4.90 Å². The first kappa shape index (κ1) is 15.4. The lowest BCUT2D eigenvalue weighted by Crippen LogP contribution is -2.41. The number of rotatable bonds is 5. The summed E-state index contributed by atoms with van der Waals surface area (Å²) in [4.78, 5) is 14.0. The molecule has 4 heteroatoms. The van der Waals surface area contributed by atoms with Crippen LogP contribution in [0.2, 0.25) is 0 Å². The van der Waals surface area contributed by atoms with Gasteiger partial charge in [-0.1, -0.05) is 0 Å². The van der Waals surface area contributed by atoms with Crippen molar-refractivity contribution in [3.8, 4) is 0 Å². The molecule has 1 saturated heterocycles. The van der Waals surface area contributed by atoms with Gasteiger partial charge in [-0.3, -0.25) is 4.79 Å². The highest BCUT2D eigenvalue weighted by atomic mass is 16.5. The van der Waals surface area contributed by atoms with Crippen molar-refractivity contribution in [2.45, 2.75) is 46.1 Å². The summed E-state index contributed by atoms with van der Waals surface area (Å²) < 4.78 is 10.8. The van der Waals surface area contributed by atoms with Crippen molar-refractivity contribution in [1.29, 1.82) is 0 Å². The van der Waals surface area contributed by atoms with Crippen molar-refractivity contribution in [2.24, 2.45) is 5.92 Å². The normalized spacial score (nSPS) is 21.9. The second-order valence-electron chi connectivity index (χ2n) is 5.85. The van der Waals surface area contributed by atoms with Crippen LogP contribution in [0.25, 0.3) is 0 Å². The van der Waals surface area contributed by atoms with Gasteiger partial charge in [0.15, 0.2) is 0 Å². The molecule has 1 rings (SSSR count). The average Bonchev–Trinajstić information content (AvgIpc) is 2.28. The van der Waals surface area contributed by atoms with E-state index in [0.29, 0.717) is 6.61 Å². The molecule has 0 aromatic carbocycles. The molecule has 1 atom stereocenters. The molecule has 4 nitrogen and oxygen atoms in total. The van der Waals surface area contributed by atoms with Gasteiger partial charge in [-0.15, -0.1) is 0 Å². The Bertz CT molecular complexity index is 260. The number of nitrogens with zero attached hydrogens (tertiary/aromatic N) is 1. The van der Waals surface area contributed by atoms with E-state index in [0.717, 1.165) is 39.1 Å². The third kappa shape index (κ3) is 5.83. The second kappa shape index (κ2) is 7.10. The van der Waals surface area contributed by atoms with Crippen LogP contribution >= 0.6 is 0 Å². The summed E-state index contributed by atoms with van der Waals surface area (Å²) >= 11 is 0. The van der Waals surface area contributed by atoms with Crippen LogP contribution in [0.15, 0.2) is 0 Å². The number of carbonyl (C=O) groups is 1. The smallest absolute Gasteiger partial charge is 0.310 e. The standard InChI is InChI=1S/C14H27NO3/c1-5-17-13(16)12-7-6-8-15(11-12)9-10-18-14(2,3)4/h12H,5-11H2,1-4H3. The number of esters is 1. The minimum Gasteiger partial charge on any atom is -0.466 e. The summed E-state index contributed by atoms with van der Waals surface area (Å²) in [5, 5.41) is 0. The maximum atomic E-state index is 11.7. The van der Waals surface area contributed by atoms with Gasteiger partial charge < -0.3 is 14.4 Å². The van der Waals surface area contributed by atoms with Gasteiger partial charge in [0.05, 0.1) is 24.7 Å². The van der Waals surface area contributed by atoms with Crippen molar-refractivity contribution < 1.29 is 14.3 Å². The van der Waals surface area contributed by atoms with E-state index < -0.39 is 0 Å². The van der Waals surface area contributed by atoms with E-state index in [1.807, 2.05) is 6.92 Å². The monoisotopic (exact) mass is 257 g/mol. The van der Waals surface area contributed by atoms with Crippen LogP contribution in [0.3, 0.4) is 0 Å². The highest BCUT2D eigenvalue weighted by molar-refractivity contribution is 5.72. The summed E-state index contributed by atoms with van der Waals surface area (Å²) in [6.07, 6.45) is 2.02. The van der Waals surface area contributed by atoms with Crippen molar-refractivity contribution in [2.75, 3.05) is 32.8 Å². The van der Waals surface area contributed by atoms with Crippen molar-refractivity contribution >= 4 is 5.97 Å². The predicted octanol–water partition coefficient (Wildman–Crippen LogP) is 2.08. The molecule has 0 amide bonds. The molecule has 0 bridgehead atoms. The highest BCUT2D eigenvalue weighted by Gasteiger charge is 2.26. The third-order valence-electron chi connectivity index (χ3n) is 3.07. The molecule has 0 spiro atoms. The zero-order chi connectivity index (χ0) is 13.6. The van der Waals surface area contributed by atoms with Crippen LogP contribution in [-0.2, 0) is 14.3 Å². The highest BCUT2D eigenvalue weighted by Crippen LogP contribution is 2.18. The molecule has 1 aliphatic rings. The van der Waals surface area contributed by atoms with E-state index in [9.17, 15) is 4.79 Å². The first-order valence-electron chi connectivity index (χ1n) is 6.95. The van der Waals surface area contributed by atoms with E-state index in [2.05, 4.69) is 25.7 Å². The molecule has 0 aromatic rings. The molecule has 18 heavy (non-hydrogen) atoms. The molecular formula is C14H27NO3. The third-order valence-corrected chi connectivity index (χ3v) is 3.07. The second-order valence-corrected chi connectivity index (χ2v) is 5.85. The molecule has 0 aliphatic carbocycles. The molecule has 1 aliphatic heterocycles. The van der Waals surface area contributed by atoms with Crippen LogP contribution in [0.5, 0.6) is 0 Å². The molecular weight excluding hydrogens is 230 g/mol. The lowest BCUT2D eigenvalue weighted by Gasteiger charge is -2.32. The van der Waals surface area contributed by atoms with Gasteiger partial charge in [0.2, 0.25) is 0 Å². The fourth-order valence-electron chi connectivity index (χ4n) is 2.19. The summed E-state index contributed by atoms with van der Waals surface area (Å²) in [6, 6.07) is 0. The summed E-state index contributed by atoms with van der Waals surface area (Å²) in [5.41, 5.74) is -0.0870. The SMILES string of the molecule is CCOC(=O)C1CCCN(CCOC(C)(C)C)C1. The van der Waals surface area contributed by atoms with Crippen LogP contribution < -0.4 is 0 Å². The van der Waals surface area contributed by atoms with Gasteiger partial charge in [0.25, 0.3) is 0 Å². The van der Waals surface area contributed by atoms with Crippen molar-refractivity contribution in [3.63, 3.8) is 0 Å². The van der Waals surface area contributed by atoms with Gasteiger partial charge >= 0.3 is 5.97 Å². The fraction of sp³-hybridized carbons (Fsp3) is 0.929. The van der Waals surface area contributed by atoms with Crippen molar-refractivity contribution in [3.05, 3.63) is 0 Å². The van der Waals surface area contributed by atoms with Crippen LogP contribution in [-0.4, -0.2) is 49.3 Å². The largest absolute Gasteiger partial charge is 0.466 e. The Morgan fingerprint density at radius 2 is 2.11 bits per heavy atom. The van der Waals surface area contributed by atoms with E-state index in [4.69, 9.17) is 9.47 Å². The number of carbonyl (C=O) groups excluding carboxylic acids is 1. The molecule has 1 fully saturated rings. The number of hydrogen-bond acceptors (Lipinski definition) is 4. The zero-order valence-corrected chi connectivity index (χ0v) is 12.2. The zero-order valence-electron chi connectivity index (χ0n) is 12.2. The van der Waals surface area contributed by atoms with Gasteiger partial charge in [-0.2, -0.15) is 0 Å². The van der Waals surface area contributed by atoms with Gasteiger partial charge in [0, 0.05) is 13.1 Å². The molecule has 1 unspecified atom stereocenters. The van der Waals surface area contributed by atoms with E-state index in [-0.39, 0.29) is 17.5 Å². The van der Waals surface area contributed by atoms with Crippen LogP contribution in [0, 0.1) is 5.92 Å². The molecule has 1 heterocycles. The summed E-state index contributed by atoms with van der Waals surface area (Å²) in [7, 11) is 0. The molecule has 0 saturated carbocycles. The van der Waals surface area contributed by atoms with Gasteiger partial charge in [-0.25, -0.2) is 0 Å². The maximum absolute atomic E-state index is 11.7. The Balaban J connectivity index is 2.28. The van der Waals surface area contributed by atoms with Crippen LogP contribution in [0.4, 0.5) is 0 Å². The van der Waals surface area contributed by atoms with E-state index in [1.54, 1.807) is 0 Å². The number of piperidine rings is 1. The fourth-order valence-corrected chi connectivity index (χ4v) is 2.19. The Morgan fingerprint density at radius 3 is 2.72 bits per heavy atom. The Kier molecular flexibility index (Phi) is 6.09. The average molecular weight is 257 g/mol. The quantitative estimate of drug-likeness (QED) is 0.707. The summed E-state index contributed by atoms with van der Waals surface area (Å²) in [5.74, 6) is 0.00674. The molecule has 0 N–H and O–H groups in total. The lowest BCUT2D eigenvalue weighted by molar-refractivity contribution is -0.150. The summed E-state index contributed by atoms with van der Waals surface area (Å²) in [6.45, 7) is 12.0. The van der Waals surface area contributed by atoms with Gasteiger partial charge in [-0.05, 0) is 47.1 Å². The topological polar surface area (TPSA) is 38.8 Å². The first-order chi connectivity index (χ1) is 8.42. The van der Waals surface area contributed by atoms with E-state index in [1.165, 1.54) is 0 Å². The Morgan fingerprint density at radius 1 is 1.39 bits per heavy atom. The Labute approximate surface area is 111 Å². The Hall–Kier alpha value is -0.610. The molecule has 106 valence electrons. The first-order valence-corrected chi connectivity index (χ1v) is 6.95. The predicted molar refractivity (Wildman–Crippen MR) is 71.5 cm³/mol. The number of hydrogen-bond donors (Lipinski definition) is 0. The van der Waals surface area contributed by atoms with Gasteiger partial charge in [0.1, 0.15) is 0 Å². The minimum absolute atomic E-state index is 0.0426. The lowest BCUT2D eigenvalue weighted by atomic mass is 9.98. The number of ether oxygens (including phenoxy) is 2. The van der Waals surface area contributed by atoms with E-state index >= 15 is 0 Å².